The van der Waals surface area contributed by atoms with Gasteiger partial charge < -0.3 is 0 Å². The maximum absolute atomic E-state index is 13.4. The topological polar surface area (TPSA) is 0 Å². The van der Waals surface area contributed by atoms with Crippen LogP contribution >= 0.6 is 39.1 Å². The molecular formula is C15H12BrCl2F. The van der Waals surface area contributed by atoms with Gasteiger partial charge in [0.2, 0.25) is 0 Å². The molecule has 0 aliphatic rings. The Bertz CT molecular complexity index is 626. The third-order valence-electron chi connectivity index (χ3n) is 3.05. The molecule has 2 rings (SSSR count). The first-order chi connectivity index (χ1) is 8.91. The van der Waals surface area contributed by atoms with E-state index < -0.39 is 0 Å². The Morgan fingerprint density at radius 2 is 1.74 bits per heavy atom. The Labute approximate surface area is 130 Å². The SMILES string of the molecule is Cc1cc(C(Br)c2cccc(C)c2Cl)c(Cl)cc1F. The van der Waals surface area contributed by atoms with E-state index in [0.717, 1.165) is 16.7 Å². The lowest BCUT2D eigenvalue weighted by Crippen LogP contribution is -1.98. The first-order valence-corrected chi connectivity index (χ1v) is 7.43. The van der Waals surface area contributed by atoms with E-state index in [1.807, 2.05) is 25.1 Å². The second-order valence-electron chi connectivity index (χ2n) is 4.46. The van der Waals surface area contributed by atoms with Crippen LogP contribution < -0.4 is 0 Å². The molecule has 4 heteroatoms. The number of hydrogen-bond donors (Lipinski definition) is 0. The van der Waals surface area contributed by atoms with Crippen molar-refractivity contribution >= 4 is 39.1 Å². The number of halogens is 4. The molecule has 100 valence electrons. The standard InChI is InChI=1S/C15H12BrCl2F/c1-8-4-3-5-10(15(8)18)14(16)11-6-9(2)13(19)7-12(11)17/h3-7,14H,1-2H3. The minimum absolute atomic E-state index is 0.160. The van der Waals surface area contributed by atoms with Crippen LogP contribution in [0.15, 0.2) is 30.3 Å². The zero-order valence-electron chi connectivity index (χ0n) is 10.5. The molecule has 1 atom stereocenters. The summed E-state index contributed by atoms with van der Waals surface area (Å²) in [6, 6.07) is 8.90. The van der Waals surface area contributed by atoms with Crippen LogP contribution in [0.3, 0.4) is 0 Å². The van der Waals surface area contributed by atoms with Gasteiger partial charge in [0.15, 0.2) is 0 Å². The average molecular weight is 362 g/mol. The molecule has 0 heterocycles. The number of rotatable bonds is 2. The molecule has 19 heavy (non-hydrogen) atoms. The third-order valence-corrected chi connectivity index (χ3v) is 4.88. The number of hydrogen-bond acceptors (Lipinski definition) is 0. The zero-order chi connectivity index (χ0) is 14.2. The van der Waals surface area contributed by atoms with Crippen LogP contribution in [0.2, 0.25) is 10.0 Å². The molecule has 0 aliphatic carbocycles. The molecule has 0 aromatic heterocycles. The summed E-state index contributed by atoms with van der Waals surface area (Å²) < 4.78 is 13.4. The van der Waals surface area contributed by atoms with Crippen molar-refractivity contribution < 1.29 is 4.39 Å². The Morgan fingerprint density at radius 3 is 2.42 bits per heavy atom. The van der Waals surface area contributed by atoms with Crippen molar-refractivity contribution in [3.05, 3.63) is 68.4 Å². The van der Waals surface area contributed by atoms with Gasteiger partial charge in [-0.15, -0.1) is 0 Å². The molecule has 0 spiro atoms. The lowest BCUT2D eigenvalue weighted by atomic mass is 10.0. The summed E-state index contributed by atoms with van der Waals surface area (Å²) in [5.41, 5.74) is 3.30. The van der Waals surface area contributed by atoms with Crippen LogP contribution in [0.4, 0.5) is 4.39 Å². The van der Waals surface area contributed by atoms with E-state index in [4.69, 9.17) is 23.2 Å². The van der Waals surface area contributed by atoms with E-state index >= 15 is 0 Å². The van der Waals surface area contributed by atoms with Crippen molar-refractivity contribution in [3.63, 3.8) is 0 Å². The number of benzene rings is 2. The van der Waals surface area contributed by atoms with Gasteiger partial charge >= 0.3 is 0 Å². The van der Waals surface area contributed by atoms with Crippen molar-refractivity contribution in [2.24, 2.45) is 0 Å². The first-order valence-electron chi connectivity index (χ1n) is 5.76. The molecule has 0 saturated carbocycles. The molecule has 0 N–H and O–H groups in total. The van der Waals surface area contributed by atoms with Gasteiger partial charge in [0.1, 0.15) is 5.82 Å². The van der Waals surface area contributed by atoms with Crippen LogP contribution in [-0.2, 0) is 0 Å². The molecule has 0 bridgehead atoms. The monoisotopic (exact) mass is 360 g/mol. The second-order valence-corrected chi connectivity index (χ2v) is 6.16. The molecular weight excluding hydrogens is 350 g/mol. The lowest BCUT2D eigenvalue weighted by molar-refractivity contribution is 0.618. The quantitative estimate of drug-likeness (QED) is 0.556. The predicted octanol–water partition coefficient (Wildman–Crippen LogP) is 6.23. The normalized spacial score (nSPS) is 12.5. The van der Waals surface area contributed by atoms with E-state index in [1.165, 1.54) is 6.07 Å². The van der Waals surface area contributed by atoms with Crippen molar-refractivity contribution in [2.75, 3.05) is 0 Å². The van der Waals surface area contributed by atoms with E-state index in [-0.39, 0.29) is 10.6 Å². The van der Waals surface area contributed by atoms with Crippen LogP contribution in [0.25, 0.3) is 0 Å². The Balaban J connectivity index is 2.53. The molecule has 2 aromatic rings. The summed E-state index contributed by atoms with van der Waals surface area (Å²) in [5.74, 6) is -0.302. The summed E-state index contributed by atoms with van der Waals surface area (Å²) in [6.07, 6.45) is 0. The summed E-state index contributed by atoms with van der Waals surface area (Å²) in [5, 5.41) is 1.09. The fourth-order valence-corrected chi connectivity index (χ4v) is 3.43. The zero-order valence-corrected chi connectivity index (χ0v) is 13.6. The summed E-state index contributed by atoms with van der Waals surface area (Å²) in [6.45, 7) is 3.66. The third kappa shape index (κ3) is 2.96. The van der Waals surface area contributed by atoms with Gasteiger partial charge in [-0.1, -0.05) is 63.4 Å². The van der Waals surface area contributed by atoms with Gasteiger partial charge in [0, 0.05) is 10.0 Å². The van der Waals surface area contributed by atoms with Gasteiger partial charge in [-0.05, 0) is 42.2 Å². The minimum atomic E-state index is -0.302. The molecule has 0 amide bonds. The van der Waals surface area contributed by atoms with Crippen molar-refractivity contribution in [1.29, 1.82) is 0 Å². The maximum atomic E-state index is 13.4. The van der Waals surface area contributed by atoms with Gasteiger partial charge in [-0.3, -0.25) is 0 Å². The van der Waals surface area contributed by atoms with Gasteiger partial charge in [0.25, 0.3) is 0 Å². The summed E-state index contributed by atoms with van der Waals surface area (Å²) >= 11 is 16.0. The predicted molar refractivity (Wildman–Crippen MR) is 83.1 cm³/mol. The summed E-state index contributed by atoms with van der Waals surface area (Å²) in [7, 11) is 0. The molecule has 0 radical (unpaired) electrons. The highest BCUT2D eigenvalue weighted by Crippen LogP contribution is 2.40. The van der Waals surface area contributed by atoms with Crippen molar-refractivity contribution in [2.45, 2.75) is 18.7 Å². The summed E-state index contributed by atoms with van der Waals surface area (Å²) in [4.78, 5) is -0.160. The van der Waals surface area contributed by atoms with Crippen LogP contribution in [-0.4, -0.2) is 0 Å². The number of aryl methyl sites for hydroxylation is 2. The molecule has 2 aromatic carbocycles. The highest BCUT2D eigenvalue weighted by Gasteiger charge is 2.18. The lowest BCUT2D eigenvalue weighted by Gasteiger charge is -2.16. The van der Waals surface area contributed by atoms with E-state index in [2.05, 4.69) is 15.9 Å². The molecule has 0 saturated heterocycles. The van der Waals surface area contributed by atoms with Gasteiger partial charge in [0.05, 0.1) is 4.83 Å². The van der Waals surface area contributed by atoms with Crippen LogP contribution in [0.1, 0.15) is 27.1 Å². The molecule has 0 fully saturated rings. The molecule has 0 nitrogen and oxygen atoms in total. The fourth-order valence-electron chi connectivity index (χ4n) is 1.91. The smallest absolute Gasteiger partial charge is 0.127 e. The molecule has 0 aliphatic heterocycles. The molecule has 1 unspecified atom stereocenters. The van der Waals surface area contributed by atoms with E-state index in [9.17, 15) is 4.39 Å². The van der Waals surface area contributed by atoms with Gasteiger partial charge in [-0.2, -0.15) is 0 Å². The Morgan fingerprint density at radius 1 is 1.05 bits per heavy atom. The fraction of sp³-hybridized carbons (Fsp3) is 0.200. The second kappa shape index (κ2) is 5.82. The van der Waals surface area contributed by atoms with Crippen LogP contribution in [0, 0.1) is 19.7 Å². The van der Waals surface area contributed by atoms with E-state index in [0.29, 0.717) is 15.6 Å². The van der Waals surface area contributed by atoms with Crippen molar-refractivity contribution in [3.8, 4) is 0 Å². The van der Waals surface area contributed by atoms with Crippen molar-refractivity contribution in [1.82, 2.24) is 0 Å². The van der Waals surface area contributed by atoms with Crippen LogP contribution in [0.5, 0.6) is 0 Å². The largest absolute Gasteiger partial charge is 0.207 e. The Kier molecular flexibility index (Phi) is 4.54. The van der Waals surface area contributed by atoms with Gasteiger partial charge in [-0.25, -0.2) is 4.39 Å². The highest BCUT2D eigenvalue weighted by molar-refractivity contribution is 9.09. The Hall–Kier alpha value is -0.570. The highest BCUT2D eigenvalue weighted by atomic mass is 79.9. The average Bonchev–Trinajstić information content (AvgIpc) is 2.36. The first kappa shape index (κ1) is 14.8. The minimum Gasteiger partial charge on any atom is -0.207 e. The number of alkyl halides is 1. The maximum Gasteiger partial charge on any atom is 0.127 e. The van der Waals surface area contributed by atoms with E-state index in [1.54, 1.807) is 13.0 Å².